The Balaban J connectivity index is 0.00000121. The molecule has 26 heavy (non-hydrogen) atoms. The Bertz CT molecular complexity index is 742. The van der Waals surface area contributed by atoms with Crippen LogP contribution in [-0.2, 0) is 0 Å². The molecule has 0 spiro atoms. The van der Waals surface area contributed by atoms with Gasteiger partial charge in [-0.1, -0.05) is 13.3 Å². The monoisotopic (exact) mass is 423 g/mol. The fourth-order valence-electron chi connectivity index (χ4n) is 4.71. The van der Waals surface area contributed by atoms with E-state index in [2.05, 4.69) is 16.8 Å². The largest absolute Gasteiger partial charge is 1.00 e. The van der Waals surface area contributed by atoms with Gasteiger partial charge in [-0.05, 0) is 61.1 Å². The number of piperidine rings is 3. The molecule has 0 saturated carbocycles. The van der Waals surface area contributed by atoms with Crippen LogP contribution in [0.3, 0.4) is 0 Å². The standard InChI is InChI=1S/C20H26N2O2.BrH.H2O/c1-3-13-12-22-9-7-14(13)10-19(22)20(23)16-6-8-21-18-5-4-15(24-2)11-17(16)18;;/h4-6,8,11,13-14,19-20,23H,3,7,9-10,12H2,1-2H3;1H;1H2/p-1/t13-,14?,19-,20+;;/m0../s1. The average molecular weight is 424 g/mol. The van der Waals surface area contributed by atoms with Crippen LogP contribution in [0.5, 0.6) is 5.75 Å². The predicted molar refractivity (Wildman–Crippen MR) is 98.7 cm³/mol. The molecule has 3 N–H and O–H groups in total. The number of benzene rings is 1. The van der Waals surface area contributed by atoms with Crippen molar-refractivity contribution in [2.75, 3.05) is 20.2 Å². The van der Waals surface area contributed by atoms with Gasteiger partial charge in [0.1, 0.15) is 5.75 Å². The predicted octanol–water partition coefficient (Wildman–Crippen LogP) is -0.423. The highest BCUT2D eigenvalue weighted by Crippen LogP contribution is 2.42. The average Bonchev–Trinajstić information content (AvgIpc) is 2.66. The van der Waals surface area contributed by atoms with Gasteiger partial charge in [-0.25, -0.2) is 0 Å². The van der Waals surface area contributed by atoms with Crippen molar-refractivity contribution in [2.24, 2.45) is 11.8 Å². The molecule has 6 heteroatoms. The van der Waals surface area contributed by atoms with E-state index in [0.29, 0.717) is 0 Å². The van der Waals surface area contributed by atoms with Crippen molar-refractivity contribution in [2.45, 2.75) is 38.3 Å². The van der Waals surface area contributed by atoms with Gasteiger partial charge in [-0.15, -0.1) is 0 Å². The number of halogens is 1. The second-order valence-electron chi connectivity index (χ2n) is 7.24. The van der Waals surface area contributed by atoms with E-state index in [0.717, 1.165) is 53.6 Å². The fraction of sp³-hybridized carbons (Fsp3) is 0.550. The first-order chi connectivity index (χ1) is 11.7. The van der Waals surface area contributed by atoms with Crippen molar-refractivity contribution >= 4 is 10.9 Å². The molecule has 3 fully saturated rings. The van der Waals surface area contributed by atoms with Crippen molar-refractivity contribution in [1.29, 1.82) is 0 Å². The smallest absolute Gasteiger partial charge is 0.119 e. The lowest BCUT2D eigenvalue weighted by molar-refractivity contribution is -0.0562. The topological polar surface area (TPSA) is 77.1 Å². The van der Waals surface area contributed by atoms with E-state index in [1.54, 1.807) is 13.3 Å². The van der Waals surface area contributed by atoms with Crippen LogP contribution in [0.4, 0.5) is 0 Å². The SMILES string of the molecule is CC[C@H]1CN2CCC1C[C@H]2[C@H](O)c1ccnc2ccc(OC)cc12.O.[Br-]. The Kier molecular flexibility index (Phi) is 7.02. The lowest BCUT2D eigenvalue weighted by Crippen LogP contribution is -3.00. The van der Waals surface area contributed by atoms with Crippen molar-refractivity contribution in [3.8, 4) is 5.75 Å². The number of rotatable bonds is 4. The number of aliphatic hydroxyl groups is 1. The van der Waals surface area contributed by atoms with E-state index in [9.17, 15) is 5.11 Å². The maximum Gasteiger partial charge on any atom is 0.119 e. The van der Waals surface area contributed by atoms with Crippen LogP contribution >= 0.6 is 0 Å². The van der Waals surface area contributed by atoms with Gasteiger partial charge in [-0.3, -0.25) is 9.88 Å². The molecular weight excluding hydrogens is 396 g/mol. The summed E-state index contributed by atoms with van der Waals surface area (Å²) >= 11 is 0. The number of methoxy groups -OCH3 is 1. The normalized spacial score (nSPS) is 28.1. The summed E-state index contributed by atoms with van der Waals surface area (Å²) in [6, 6.07) is 8.07. The van der Waals surface area contributed by atoms with Crippen LogP contribution in [0.15, 0.2) is 30.5 Å². The minimum atomic E-state index is -0.469. The lowest BCUT2D eigenvalue weighted by atomic mass is 9.72. The van der Waals surface area contributed by atoms with E-state index in [-0.39, 0.29) is 28.5 Å². The number of pyridine rings is 1. The quantitative estimate of drug-likeness (QED) is 0.723. The molecule has 2 aromatic rings. The molecule has 0 aliphatic carbocycles. The molecule has 1 aromatic carbocycles. The maximum atomic E-state index is 11.2. The molecule has 1 aromatic heterocycles. The number of aromatic nitrogens is 1. The lowest BCUT2D eigenvalue weighted by Gasteiger charge is -2.51. The Morgan fingerprint density at radius 1 is 1.35 bits per heavy atom. The molecule has 2 unspecified atom stereocenters. The van der Waals surface area contributed by atoms with Gasteiger partial charge in [0.15, 0.2) is 0 Å². The molecule has 2 bridgehead atoms. The summed E-state index contributed by atoms with van der Waals surface area (Å²) in [5.74, 6) is 2.37. The number of aliphatic hydroxyl groups excluding tert-OH is 1. The van der Waals surface area contributed by atoms with E-state index in [1.807, 2.05) is 24.3 Å². The highest BCUT2D eigenvalue weighted by atomic mass is 79.9. The molecular formula is C20H28BrN2O3-. The van der Waals surface area contributed by atoms with E-state index >= 15 is 0 Å². The summed E-state index contributed by atoms with van der Waals surface area (Å²) in [4.78, 5) is 6.94. The molecule has 0 amide bonds. The van der Waals surface area contributed by atoms with Gasteiger partial charge in [0.05, 0.1) is 18.7 Å². The van der Waals surface area contributed by atoms with Gasteiger partial charge >= 0.3 is 0 Å². The Morgan fingerprint density at radius 3 is 2.81 bits per heavy atom. The summed E-state index contributed by atoms with van der Waals surface area (Å²) in [6.07, 6.45) is 4.97. The van der Waals surface area contributed by atoms with Gasteiger partial charge in [0, 0.05) is 24.2 Å². The summed E-state index contributed by atoms with van der Waals surface area (Å²) < 4.78 is 5.36. The molecule has 3 aliphatic rings. The summed E-state index contributed by atoms with van der Waals surface area (Å²) in [5, 5.41) is 12.2. The van der Waals surface area contributed by atoms with Crippen molar-refractivity contribution in [1.82, 2.24) is 9.88 Å². The first-order valence-electron chi connectivity index (χ1n) is 9.06. The first-order valence-corrected chi connectivity index (χ1v) is 9.06. The number of nitrogens with zero attached hydrogens (tertiary/aromatic N) is 2. The van der Waals surface area contributed by atoms with Crippen LogP contribution in [0.2, 0.25) is 0 Å². The Hall–Kier alpha value is -1.21. The van der Waals surface area contributed by atoms with Crippen molar-refractivity contribution in [3.05, 3.63) is 36.0 Å². The number of ether oxygens (including phenoxy) is 1. The van der Waals surface area contributed by atoms with Gasteiger partial charge < -0.3 is 32.3 Å². The minimum Gasteiger partial charge on any atom is -1.00 e. The zero-order chi connectivity index (χ0) is 16.7. The van der Waals surface area contributed by atoms with E-state index in [4.69, 9.17) is 4.74 Å². The summed E-state index contributed by atoms with van der Waals surface area (Å²) in [7, 11) is 1.67. The molecule has 4 heterocycles. The van der Waals surface area contributed by atoms with Gasteiger partial charge in [0.25, 0.3) is 0 Å². The molecule has 144 valence electrons. The molecule has 5 atom stereocenters. The Labute approximate surface area is 165 Å². The molecule has 5 rings (SSSR count). The second kappa shape index (κ2) is 8.65. The third-order valence-corrected chi connectivity index (χ3v) is 6.13. The number of fused-ring (bicyclic) bond motifs is 4. The van der Waals surface area contributed by atoms with Crippen LogP contribution < -0.4 is 21.7 Å². The third-order valence-electron chi connectivity index (χ3n) is 6.13. The van der Waals surface area contributed by atoms with Gasteiger partial charge in [0.2, 0.25) is 0 Å². The highest BCUT2D eigenvalue weighted by molar-refractivity contribution is 5.83. The van der Waals surface area contributed by atoms with Crippen molar-refractivity contribution < 1.29 is 32.3 Å². The minimum absolute atomic E-state index is 0. The van der Waals surface area contributed by atoms with Gasteiger partial charge in [-0.2, -0.15) is 0 Å². The molecule has 5 nitrogen and oxygen atoms in total. The maximum absolute atomic E-state index is 11.2. The Morgan fingerprint density at radius 2 is 2.15 bits per heavy atom. The molecule has 3 aliphatic heterocycles. The highest BCUT2D eigenvalue weighted by Gasteiger charge is 2.42. The van der Waals surface area contributed by atoms with Crippen molar-refractivity contribution in [3.63, 3.8) is 0 Å². The van der Waals surface area contributed by atoms with E-state index in [1.165, 1.54) is 12.8 Å². The number of hydrogen-bond donors (Lipinski definition) is 1. The zero-order valence-corrected chi connectivity index (χ0v) is 16.9. The summed E-state index contributed by atoms with van der Waals surface area (Å²) in [6.45, 7) is 4.55. The molecule has 0 radical (unpaired) electrons. The second-order valence-corrected chi connectivity index (χ2v) is 7.24. The molecule has 3 saturated heterocycles. The van der Waals surface area contributed by atoms with Crippen LogP contribution in [0.1, 0.15) is 37.9 Å². The van der Waals surface area contributed by atoms with Crippen LogP contribution in [-0.4, -0.2) is 46.7 Å². The first kappa shape index (κ1) is 21.1. The van der Waals surface area contributed by atoms with Crippen LogP contribution in [0, 0.1) is 11.8 Å². The number of hydrogen-bond acceptors (Lipinski definition) is 4. The zero-order valence-electron chi connectivity index (χ0n) is 15.4. The summed E-state index contributed by atoms with van der Waals surface area (Å²) in [5.41, 5.74) is 1.89. The van der Waals surface area contributed by atoms with Crippen LogP contribution in [0.25, 0.3) is 10.9 Å². The van der Waals surface area contributed by atoms with E-state index < -0.39 is 6.10 Å². The fourth-order valence-corrected chi connectivity index (χ4v) is 4.71. The third kappa shape index (κ3) is 3.60.